The Kier molecular flexibility index (Phi) is 4.33. The molecule has 0 aliphatic heterocycles. The van der Waals surface area contributed by atoms with Crippen molar-refractivity contribution in [3.63, 3.8) is 0 Å². The Balaban J connectivity index is 2.53. The summed E-state index contributed by atoms with van der Waals surface area (Å²) in [6.07, 6.45) is 0. The van der Waals surface area contributed by atoms with Crippen LogP contribution < -0.4 is 5.73 Å². The highest BCUT2D eigenvalue weighted by Gasteiger charge is 1.96. The first-order chi connectivity index (χ1) is 6.24. The van der Waals surface area contributed by atoms with Crippen LogP contribution in [0.5, 0.6) is 0 Å². The van der Waals surface area contributed by atoms with Gasteiger partial charge in [0.05, 0.1) is 0 Å². The number of thioether (sulfide) groups is 1. The smallest absolute Gasteiger partial charge is 0.0185 e. The zero-order chi connectivity index (χ0) is 9.68. The molecule has 0 heterocycles. The maximum atomic E-state index is 5.43. The number of hydrogen-bond donors (Lipinski definition) is 1. The van der Waals surface area contributed by atoms with Crippen LogP contribution in [-0.2, 0) is 5.75 Å². The highest BCUT2D eigenvalue weighted by Crippen LogP contribution is 2.15. The molecule has 72 valence electrons. The van der Waals surface area contributed by atoms with Crippen molar-refractivity contribution in [2.75, 3.05) is 12.3 Å². The van der Waals surface area contributed by atoms with E-state index in [4.69, 9.17) is 5.73 Å². The molecule has 2 N–H and O–H groups in total. The van der Waals surface area contributed by atoms with E-state index in [0.717, 1.165) is 18.1 Å². The molecule has 0 fully saturated rings. The molecule has 0 amide bonds. The van der Waals surface area contributed by atoms with Crippen molar-refractivity contribution in [2.24, 2.45) is 5.73 Å². The average Bonchev–Trinajstić information content (AvgIpc) is 2.12. The molecular formula is C11H17NS. The van der Waals surface area contributed by atoms with Gasteiger partial charge >= 0.3 is 0 Å². The summed E-state index contributed by atoms with van der Waals surface area (Å²) in [5.41, 5.74) is 9.58. The molecule has 0 saturated carbocycles. The van der Waals surface area contributed by atoms with Crippen LogP contribution in [0.2, 0.25) is 0 Å². The second-order valence-corrected chi connectivity index (χ2v) is 4.37. The highest BCUT2D eigenvalue weighted by molar-refractivity contribution is 7.98. The van der Waals surface area contributed by atoms with Gasteiger partial charge in [0.2, 0.25) is 0 Å². The van der Waals surface area contributed by atoms with Crippen LogP contribution in [0.25, 0.3) is 0 Å². The fraction of sp³-hybridized carbons (Fsp3) is 0.455. The number of rotatable bonds is 4. The maximum absolute atomic E-state index is 5.43. The van der Waals surface area contributed by atoms with Crippen molar-refractivity contribution in [3.05, 3.63) is 34.9 Å². The first-order valence-corrected chi connectivity index (χ1v) is 5.73. The minimum absolute atomic E-state index is 0.773. The molecule has 1 nitrogen and oxygen atoms in total. The predicted molar refractivity (Wildman–Crippen MR) is 61.1 cm³/mol. The van der Waals surface area contributed by atoms with Crippen molar-refractivity contribution in [2.45, 2.75) is 19.6 Å². The molecule has 13 heavy (non-hydrogen) atoms. The van der Waals surface area contributed by atoms with Gasteiger partial charge in [0.25, 0.3) is 0 Å². The van der Waals surface area contributed by atoms with E-state index in [9.17, 15) is 0 Å². The fourth-order valence-corrected chi connectivity index (χ4v) is 1.89. The lowest BCUT2D eigenvalue weighted by Crippen LogP contribution is -2.01. The van der Waals surface area contributed by atoms with Crippen molar-refractivity contribution in [1.29, 1.82) is 0 Å². The Morgan fingerprint density at radius 3 is 2.62 bits per heavy atom. The first-order valence-electron chi connectivity index (χ1n) is 4.58. The van der Waals surface area contributed by atoms with Crippen LogP contribution in [0, 0.1) is 13.8 Å². The third kappa shape index (κ3) is 3.41. The maximum Gasteiger partial charge on any atom is 0.0185 e. The van der Waals surface area contributed by atoms with Crippen LogP contribution in [0.15, 0.2) is 18.2 Å². The number of hydrogen-bond acceptors (Lipinski definition) is 2. The third-order valence-corrected chi connectivity index (χ3v) is 3.16. The van der Waals surface area contributed by atoms with E-state index < -0.39 is 0 Å². The lowest BCUT2D eigenvalue weighted by Gasteiger charge is -2.04. The normalized spacial score (nSPS) is 10.4. The Morgan fingerprint density at radius 1 is 1.23 bits per heavy atom. The molecule has 0 aliphatic rings. The van der Waals surface area contributed by atoms with Gasteiger partial charge in [-0.05, 0) is 30.5 Å². The zero-order valence-electron chi connectivity index (χ0n) is 8.34. The molecular weight excluding hydrogens is 178 g/mol. The summed E-state index contributed by atoms with van der Waals surface area (Å²) >= 11 is 1.90. The Morgan fingerprint density at radius 2 is 2.00 bits per heavy atom. The van der Waals surface area contributed by atoms with Crippen molar-refractivity contribution >= 4 is 11.8 Å². The largest absolute Gasteiger partial charge is 0.330 e. The number of aryl methyl sites for hydroxylation is 2. The summed E-state index contributed by atoms with van der Waals surface area (Å²) in [5, 5.41) is 0. The topological polar surface area (TPSA) is 26.0 Å². The van der Waals surface area contributed by atoms with Crippen LogP contribution in [0.3, 0.4) is 0 Å². The van der Waals surface area contributed by atoms with E-state index in [1.165, 1.54) is 16.7 Å². The summed E-state index contributed by atoms with van der Waals surface area (Å²) in [6.45, 7) is 5.08. The molecule has 1 aromatic carbocycles. The SMILES string of the molecule is Cc1ccc(CSCCN)cc1C. The predicted octanol–water partition coefficient (Wildman–Crippen LogP) is 2.50. The Bertz CT molecular complexity index is 271. The molecule has 0 atom stereocenters. The fourth-order valence-electron chi connectivity index (χ4n) is 1.17. The first kappa shape index (κ1) is 10.6. The van der Waals surface area contributed by atoms with E-state index in [1.807, 2.05) is 11.8 Å². The third-order valence-electron chi connectivity index (χ3n) is 2.10. The quantitative estimate of drug-likeness (QED) is 0.747. The second kappa shape index (κ2) is 5.30. The van der Waals surface area contributed by atoms with Crippen LogP contribution >= 0.6 is 11.8 Å². The summed E-state index contributed by atoms with van der Waals surface area (Å²) in [5.74, 6) is 2.13. The van der Waals surface area contributed by atoms with Gasteiger partial charge in [-0.25, -0.2) is 0 Å². The van der Waals surface area contributed by atoms with Gasteiger partial charge in [-0.15, -0.1) is 0 Å². The monoisotopic (exact) mass is 195 g/mol. The van der Waals surface area contributed by atoms with Gasteiger partial charge in [-0.3, -0.25) is 0 Å². The minimum Gasteiger partial charge on any atom is -0.330 e. The van der Waals surface area contributed by atoms with Gasteiger partial charge in [0, 0.05) is 18.1 Å². The molecule has 0 aliphatic carbocycles. The number of benzene rings is 1. The van der Waals surface area contributed by atoms with Crippen molar-refractivity contribution < 1.29 is 0 Å². The van der Waals surface area contributed by atoms with Crippen molar-refractivity contribution in [3.8, 4) is 0 Å². The molecule has 1 rings (SSSR count). The van der Waals surface area contributed by atoms with Gasteiger partial charge in [-0.2, -0.15) is 11.8 Å². The van der Waals surface area contributed by atoms with E-state index >= 15 is 0 Å². The van der Waals surface area contributed by atoms with E-state index in [1.54, 1.807) is 0 Å². The molecule has 0 bridgehead atoms. The second-order valence-electron chi connectivity index (χ2n) is 3.26. The molecule has 0 aromatic heterocycles. The summed E-state index contributed by atoms with van der Waals surface area (Å²) < 4.78 is 0. The molecule has 0 radical (unpaired) electrons. The number of nitrogens with two attached hydrogens (primary N) is 1. The minimum atomic E-state index is 0.773. The van der Waals surface area contributed by atoms with E-state index in [2.05, 4.69) is 32.0 Å². The summed E-state index contributed by atoms with van der Waals surface area (Å²) in [7, 11) is 0. The zero-order valence-corrected chi connectivity index (χ0v) is 9.16. The lowest BCUT2D eigenvalue weighted by atomic mass is 10.1. The summed E-state index contributed by atoms with van der Waals surface area (Å²) in [4.78, 5) is 0. The van der Waals surface area contributed by atoms with Crippen LogP contribution in [-0.4, -0.2) is 12.3 Å². The molecule has 1 aromatic rings. The molecule has 0 spiro atoms. The van der Waals surface area contributed by atoms with Gasteiger partial charge in [0.15, 0.2) is 0 Å². The van der Waals surface area contributed by atoms with Gasteiger partial charge < -0.3 is 5.73 Å². The lowest BCUT2D eigenvalue weighted by molar-refractivity contribution is 1.15. The van der Waals surface area contributed by atoms with E-state index in [-0.39, 0.29) is 0 Å². The molecule has 2 heteroatoms. The standard InChI is InChI=1S/C11H17NS/c1-9-3-4-11(7-10(9)2)8-13-6-5-12/h3-4,7H,5-6,8,12H2,1-2H3. The highest BCUT2D eigenvalue weighted by atomic mass is 32.2. The Labute approximate surface area is 84.7 Å². The van der Waals surface area contributed by atoms with Crippen LogP contribution in [0.4, 0.5) is 0 Å². The summed E-state index contributed by atoms with van der Waals surface area (Å²) in [6, 6.07) is 6.65. The molecule has 0 saturated heterocycles. The van der Waals surface area contributed by atoms with Gasteiger partial charge in [-0.1, -0.05) is 18.2 Å². The van der Waals surface area contributed by atoms with Gasteiger partial charge in [0.1, 0.15) is 0 Å². The average molecular weight is 195 g/mol. The van der Waals surface area contributed by atoms with Crippen molar-refractivity contribution in [1.82, 2.24) is 0 Å². The molecule has 0 unspecified atom stereocenters. The van der Waals surface area contributed by atoms with Crippen LogP contribution in [0.1, 0.15) is 16.7 Å². The Hall–Kier alpha value is -0.470. The van der Waals surface area contributed by atoms with E-state index in [0.29, 0.717) is 0 Å².